The Morgan fingerprint density at radius 3 is 2.11 bits per heavy atom. The van der Waals surface area contributed by atoms with Crippen LogP contribution < -0.4 is 0 Å². The van der Waals surface area contributed by atoms with Crippen molar-refractivity contribution < 1.29 is 20.1 Å². The molecule has 4 fully saturated rings. The van der Waals surface area contributed by atoms with Gasteiger partial charge in [-0.2, -0.15) is 0 Å². The molecule has 0 bridgehead atoms. The number of carbonyl (C=O) groups is 1. The van der Waals surface area contributed by atoms with Gasteiger partial charge in [0.25, 0.3) is 0 Å². The number of rotatable bonds is 1. The van der Waals surface area contributed by atoms with E-state index in [9.17, 15) is 20.1 Å². The molecule has 5 aliphatic carbocycles. The molecule has 5 rings (SSSR count). The van der Waals surface area contributed by atoms with Gasteiger partial charge in [0.15, 0.2) is 0 Å². The highest BCUT2D eigenvalue weighted by molar-refractivity contribution is 5.76. The maximum atomic E-state index is 12.8. The third-order valence-corrected chi connectivity index (χ3v) is 14.0. The van der Waals surface area contributed by atoms with E-state index in [0.29, 0.717) is 12.3 Å². The third kappa shape index (κ3) is 2.85. The molecule has 0 aliphatic heterocycles. The van der Waals surface area contributed by atoms with Crippen molar-refractivity contribution in [3.8, 4) is 0 Å². The summed E-state index contributed by atoms with van der Waals surface area (Å²) < 4.78 is 0. The van der Waals surface area contributed by atoms with Crippen molar-refractivity contribution in [2.75, 3.05) is 0 Å². The van der Waals surface area contributed by atoms with E-state index in [0.717, 1.165) is 51.4 Å². The molecule has 3 N–H and O–H groups in total. The highest BCUT2D eigenvalue weighted by Crippen LogP contribution is 2.80. The average molecular weight is 487 g/mol. The van der Waals surface area contributed by atoms with Crippen LogP contribution in [0, 0.1) is 49.7 Å². The molecule has 4 nitrogen and oxygen atoms in total. The van der Waals surface area contributed by atoms with E-state index in [2.05, 4.69) is 61.5 Å². The molecule has 4 heteroatoms. The number of hydrogen-bond acceptors (Lipinski definition) is 3. The molecule has 9 atom stereocenters. The molecule has 0 aromatic carbocycles. The van der Waals surface area contributed by atoms with E-state index in [-0.39, 0.29) is 38.4 Å². The number of carboxylic acid groups (broad SMARTS) is 1. The van der Waals surface area contributed by atoms with Crippen molar-refractivity contribution in [3.05, 3.63) is 11.6 Å². The molecule has 0 aromatic heterocycles. The fourth-order valence-corrected chi connectivity index (χ4v) is 11.1. The normalized spacial score (nSPS) is 54.4. The summed E-state index contributed by atoms with van der Waals surface area (Å²) in [6, 6.07) is 0. The van der Waals surface area contributed by atoms with Crippen LogP contribution in [0.3, 0.4) is 0 Å². The van der Waals surface area contributed by atoms with Crippen LogP contribution in [0.5, 0.6) is 0 Å². The van der Waals surface area contributed by atoms with Gasteiger partial charge in [0.2, 0.25) is 0 Å². The summed E-state index contributed by atoms with van der Waals surface area (Å²) in [4.78, 5) is 12.8. The molecule has 1 unspecified atom stereocenters. The second-order valence-electron chi connectivity index (χ2n) is 15.8. The smallest absolute Gasteiger partial charge is 0.310 e. The lowest BCUT2D eigenvalue weighted by molar-refractivity contribution is -0.269. The number of hydrogen-bond donors (Lipinski definition) is 3. The maximum Gasteiger partial charge on any atom is 0.310 e. The molecule has 0 radical (unpaired) electrons. The summed E-state index contributed by atoms with van der Waals surface area (Å²) >= 11 is 0. The first-order valence-corrected chi connectivity index (χ1v) is 14.2. The zero-order valence-corrected chi connectivity index (χ0v) is 23.5. The number of allylic oxidation sites excluding steroid dienone is 2. The van der Waals surface area contributed by atoms with E-state index in [4.69, 9.17) is 0 Å². The molecule has 5 aliphatic rings. The summed E-state index contributed by atoms with van der Waals surface area (Å²) in [5.41, 5.74) is 0.501. The van der Waals surface area contributed by atoms with Gasteiger partial charge in [-0.05, 0) is 102 Å². The van der Waals surface area contributed by atoms with E-state index in [1.54, 1.807) is 0 Å². The number of aliphatic carboxylic acids is 1. The van der Waals surface area contributed by atoms with Crippen LogP contribution in [0.4, 0.5) is 0 Å². The van der Waals surface area contributed by atoms with Crippen LogP contribution >= 0.6 is 0 Å². The van der Waals surface area contributed by atoms with Gasteiger partial charge in [-0.15, -0.1) is 0 Å². The van der Waals surface area contributed by atoms with Gasteiger partial charge >= 0.3 is 5.97 Å². The Hall–Kier alpha value is -0.870. The standard InChI is InChI=1S/C31H50O4/c1-25(2)13-15-31(24(34)35)16-14-27(5)19(20(31)17-25)9-11-30(8)28(6)18-21(32)23(33)26(3,4)22(28)10-12-29(27,30)7/h9,20-23,32-33H,10-18H2,1-8H3,(H,34,35)/t20-,21+,22?,23-,27+,28-,29-,30+,31-/m0/s1. The lowest BCUT2D eigenvalue weighted by Crippen LogP contribution is -2.71. The molecule has 0 saturated heterocycles. The summed E-state index contributed by atoms with van der Waals surface area (Å²) in [5, 5.41) is 32.6. The minimum Gasteiger partial charge on any atom is -0.481 e. The highest BCUT2D eigenvalue weighted by Gasteiger charge is 2.74. The Labute approximate surface area is 213 Å². The van der Waals surface area contributed by atoms with Crippen molar-refractivity contribution in [2.45, 2.75) is 125 Å². The second kappa shape index (κ2) is 7.16. The monoisotopic (exact) mass is 486 g/mol. The fourth-order valence-electron chi connectivity index (χ4n) is 11.1. The van der Waals surface area contributed by atoms with Crippen molar-refractivity contribution in [1.82, 2.24) is 0 Å². The predicted octanol–water partition coefficient (Wildman–Crippen LogP) is 6.59. The Balaban J connectivity index is 1.66. The Bertz CT molecular complexity index is 965. The van der Waals surface area contributed by atoms with E-state index >= 15 is 0 Å². The predicted molar refractivity (Wildman–Crippen MR) is 139 cm³/mol. The van der Waals surface area contributed by atoms with E-state index < -0.39 is 23.6 Å². The molecule has 0 heterocycles. The quantitative estimate of drug-likeness (QED) is 0.365. The summed E-state index contributed by atoms with van der Waals surface area (Å²) in [7, 11) is 0. The molecular weight excluding hydrogens is 436 g/mol. The number of fused-ring (bicyclic) bond motifs is 7. The van der Waals surface area contributed by atoms with Gasteiger partial charge in [0.1, 0.15) is 0 Å². The number of carboxylic acids is 1. The minimum absolute atomic E-state index is 0.0136. The molecule has 4 saturated carbocycles. The summed E-state index contributed by atoms with van der Waals surface area (Å²) in [5.74, 6) is -0.119. The number of aliphatic hydroxyl groups is 2. The van der Waals surface area contributed by atoms with Crippen LogP contribution in [0.2, 0.25) is 0 Å². The first-order chi connectivity index (χ1) is 15.9. The minimum atomic E-state index is -0.700. The van der Waals surface area contributed by atoms with Gasteiger partial charge < -0.3 is 15.3 Å². The first kappa shape index (κ1) is 25.8. The fraction of sp³-hybridized carbons (Fsp3) is 0.903. The lowest BCUT2D eigenvalue weighted by Gasteiger charge is -2.75. The largest absolute Gasteiger partial charge is 0.481 e. The van der Waals surface area contributed by atoms with Gasteiger partial charge in [0.05, 0.1) is 17.6 Å². The van der Waals surface area contributed by atoms with E-state index in [1.807, 2.05) is 0 Å². The Morgan fingerprint density at radius 2 is 1.49 bits per heavy atom. The van der Waals surface area contributed by atoms with Crippen molar-refractivity contribution in [2.24, 2.45) is 49.7 Å². The lowest BCUT2D eigenvalue weighted by atomic mass is 9.29. The zero-order valence-electron chi connectivity index (χ0n) is 23.5. The van der Waals surface area contributed by atoms with Crippen LogP contribution in [0.15, 0.2) is 11.6 Å². The Morgan fingerprint density at radius 1 is 0.857 bits per heavy atom. The second-order valence-corrected chi connectivity index (χ2v) is 15.8. The van der Waals surface area contributed by atoms with Crippen molar-refractivity contribution in [3.63, 3.8) is 0 Å². The van der Waals surface area contributed by atoms with Gasteiger partial charge in [-0.3, -0.25) is 4.79 Å². The molecule has 0 aromatic rings. The third-order valence-electron chi connectivity index (χ3n) is 14.0. The average Bonchev–Trinajstić information content (AvgIpc) is 2.74. The van der Waals surface area contributed by atoms with E-state index in [1.165, 1.54) is 5.57 Å². The highest BCUT2D eigenvalue weighted by atomic mass is 16.4. The van der Waals surface area contributed by atoms with Crippen molar-refractivity contribution in [1.29, 1.82) is 0 Å². The molecule has 198 valence electrons. The van der Waals surface area contributed by atoms with Crippen LogP contribution in [0.25, 0.3) is 0 Å². The van der Waals surface area contributed by atoms with Gasteiger partial charge in [-0.1, -0.05) is 67.0 Å². The maximum absolute atomic E-state index is 12.8. The number of aliphatic hydroxyl groups excluding tert-OH is 2. The molecular formula is C31H50O4. The zero-order chi connectivity index (χ0) is 26.0. The van der Waals surface area contributed by atoms with Crippen LogP contribution in [-0.4, -0.2) is 33.5 Å². The molecule has 0 amide bonds. The molecule has 35 heavy (non-hydrogen) atoms. The Kier molecular flexibility index (Phi) is 5.27. The SMILES string of the molecule is CC1(C)CC[C@]2(C(=O)O)CC[C@]3(C)C(=CC[C@@]4(C)[C@@]3(C)CCC3C(C)(C)[C@@H](O)[C@H](O)C[C@@]34C)[C@@H]2C1. The summed E-state index contributed by atoms with van der Waals surface area (Å²) in [6.07, 6.45) is 9.29. The summed E-state index contributed by atoms with van der Waals surface area (Å²) in [6.45, 7) is 18.8. The van der Waals surface area contributed by atoms with Gasteiger partial charge in [-0.25, -0.2) is 0 Å². The van der Waals surface area contributed by atoms with Crippen LogP contribution in [0.1, 0.15) is 113 Å². The van der Waals surface area contributed by atoms with Crippen LogP contribution in [-0.2, 0) is 4.79 Å². The first-order valence-electron chi connectivity index (χ1n) is 14.2. The topological polar surface area (TPSA) is 77.8 Å². The van der Waals surface area contributed by atoms with Crippen molar-refractivity contribution >= 4 is 5.97 Å². The van der Waals surface area contributed by atoms with Gasteiger partial charge in [0, 0.05) is 0 Å². The molecule has 0 spiro atoms.